The summed E-state index contributed by atoms with van der Waals surface area (Å²) in [5, 5.41) is 17.1. The van der Waals surface area contributed by atoms with Gasteiger partial charge < -0.3 is 34.6 Å². The van der Waals surface area contributed by atoms with Crippen molar-refractivity contribution in [2.75, 3.05) is 41.0 Å². The van der Waals surface area contributed by atoms with Crippen molar-refractivity contribution >= 4 is 33.7 Å². The summed E-state index contributed by atoms with van der Waals surface area (Å²) in [6, 6.07) is 12.4. The number of hydrogen-bond acceptors (Lipinski definition) is 8. The predicted molar refractivity (Wildman–Crippen MR) is 199 cm³/mol. The first-order valence-corrected chi connectivity index (χ1v) is 19.0. The summed E-state index contributed by atoms with van der Waals surface area (Å²) >= 11 is 0. The van der Waals surface area contributed by atoms with E-state index in [0.717, 1.165) is 76.0 Å². The lowest BCUT2D eigenvalue weighted by molar-refractivity contribution is -0.166. The summed E-state index contributed by atoms with van der Waals surface area (Å²) in [4.78, 5) is 38.4. The summed E-state index contributed by atoms with van der Waals surface area (Å²) in [6.45, 7) is 6.39. The third kappa shape index (κ3) is 4.66. The van der Waals surface area contributed by atoms with E-state index in [2.05, 4.69) is 69.6 Å². The molecule has 2 aromatic carbocycles. The number of hydrogen-bond donors (Lipinski definition) is 4. The van der Waals surface area contributed by atoms with Gasteiger partial charge in [-0.2, -0.15) is 0 Å². The van der Waals surface area contributed by atoms with Gasteiger partial charge in [-0.25, -0.2) is 0 Å². The van der Waals surface area contributed by atoms with Gasteiger partial charge in [0.25, 0.3) is 0 Å². The predicted octanol–water partition coefficient (Wildman–Crippen LogP) is 5.12. The van der Waals surface area contributed by atoms with E-state index in [1.807, 2.05) is 6.92 Å². The first-order valence-electron chi connectivity index (χ1n) is 19.0. The highest BCUT2D eigenvalue weighted by Gasteiger charge is 2.64. The second-order valence-corrected chi connectivity index (χ2v) is 16.0. The fraction of sp³-hybridized carbons (Fsp3) is 0.524. The molecule has 2 aromatic heterocycles. The van der Waals surface area contributed by atoms with E-state index in [9.17, 15) is 14.7 Å². The number of benzene rings is 2. The molecule has 10 heteroatoms. The van der Waals surface area contributed by atoms with Gasteiger partial charge in [0.15, 0.2) is 0 Å². The monoisotopic (exact) mass is 706 g/mol. The second kappa shape index (κ2) is 12.5. The molecule has 6 aliphatic rings. The molecule has 2 aliphatic carbocycles. The molecule has 10 nitrogen and oxygen atoms in total. The smallest absolute Gasteiger partial charge is 0.319 e. The summed E-state index contributed by atoms with van der Waals surface area (Å²) < 4.78 is 17.5. The Bertz CT molecular complexity index is 2110. The van der Waals surface area contributed by atoms with Gasteiger partial charge in [-0.1, -0.05) is 29.8 Å². The van der Waals surface area contributed by atoms with Crippen LogP contribution in [0.3, 0.4) is 0 Å². The van der Waals surface area contributed by atoms with Crippen molar-refractivity contribution < 1.29 is 28.9 Å². The number of nitrogens with zero attached hydrogens (tertiary/aromatic N) is 1. The van der Waals surface area contributed by atoms with E-state index in [4.69, 9.17) is 14.2 Å². The molecule has 52 heavy (non-hydrogen) atoms. The molecule has 3 saturated heterocycles. The van der Waals surface area contributed by atoms with Gasteiger partial charge >= 0.3 is 11.9 Å². The lowest BCUT2D eigenvalue weighted by Crippen LogP contribution is -2.68. The van der Waals surface area contributed by atoms with E-state index >= 15 is 0 Å². The summed E-state index contributed by atoms with van der Waals surface area (Å²) in [5.74, 6) is -0.0127. The zero-order valence-electron chi connectivity index (χ0n) is 30.8. The number of nitrogens with one attached hydrogen (secondary N) is 3. The molecule has 0 amide bonds. The minimum atomic E-state index is -0.934. The van der Waals surface area contributed by atoms with Crippen molar-refractivity contribution in [1.82, 2.24) is 20.2 Å². The maximum absolute atomic E-state index is 14.4. The molecule has 4 aliphatic heterocycles. The summed E-state index contributed by atoms with van der Waals surface area (Å²) in [5.41, 5.74) is 7.74. The Kier molecular flexibility index (Phi) is 8.10. The number of esters is 2. The molecule has 0 radical (unpaired) electrons. The number of aliphatic hydroxyl groups is 1. The number of methoxy groups -OCH3 is 3. The quantitative estimate of drug-likeness (QED) is 0.167. The molecule has 10 rings (SSSR count). The van der Waals surface area contributed by atoms with Crippen LogP contribution in [-0.4, -0.2) is 91.1 Å². The number of fused-ring (bicyclic) bond motifs is 9. The van der Waals surface area contributed by atoms with Gasteiger partial charge in [0, 0.05) is 76.8 Å². The van der Waals surface area contributed by atoms with Crippen LogP contribution in [-0.2, 0) is 37.3 Å². The van der Waals surface area contributed by atoms with Crippen LogP contribution in [0.5, 0.6) is 5.75 Å². The minimum absolute atomic E-state index is 0.0418. The Hall–Kier alpha value is -4.12. The molecule has 6 heterocycles. The number of piperidine rings is 3. The van der Waals surface area contributed by atoms with Crippen LogP contribution >= 0.6 is 0 Å². The second-order valence-electron chi connectivity index (χ2n) is 16.0. The van der Waals surface area contributed by atoms with Gasteiger partial charge in [-0.15, -0.1) is 0 Å². The van der Waals surface area contributed by atoms with E-state index in [1.54, 1.807) is 7.11 Å². The molecule has 1 saturated carbocycles. The summed E-state index contributed by atoms with van der Waals surface area (Å²) in [7, 11) is 4.72. The topological polar surface area (TPSA) is 129 Å². The van der Waals surface area contributed by atoms with Crippen LogP contribution in [0, 0.1) is 23.7 Å². The number of para-hydroxylation sites is 1. The number of aromatic amines is 2. The molecular formula is C42H50N4O6. The molecule has 4 fully saturated rings. The third-order valence-electron chi connectivity index (χ3n) is 13.8. The van der Waals surface area contributed by atoms with Crippen LogP contribution < -0.4 is 10.1 Å². The zero-order chi connectivity index (χ0) is 36.1. The number of allylic oxidation sites excluding steroid dienone is 1. The van der Waals surface area contributed by atoms with Crippen molar-refractivity contribution in [2.45, 2.75) is 75.5 Å². The Morgan fingerprint density at radius 2 is 1.87 bits per heavy atom. The number of carbonyl (C=O) groups is 2. The SMILES string of the molecule is CC=C1CNC2Cc3c([nH]c4ccccc34)C(c3c(OC)ccc4c5c([nH]c34)C3(C(=O)OC)CC4CC(C(C)O)C3N(CC5)C4)CC1C2C(=O)OC. The van der Waals surface area contributed by atoms with Crippen molar-refractivity contribution in [3.05, 3.63) is 76.1 Å². The maximum Gasteiger partial charge on any atom is 0.319 e. The maximum atomic E-state index is 14.4. The first-order chi connectivity index (χ1) is 25.2. The Morgan fingerprint density at radius 3 is 2.62 bits per heavy atom. The van der Waals surface area contributed by atoms with Crippen LogP contribution in [0.1, 0.15) is 67.1 Å². The number of ether oxygens (including phenoxy) is 3. The zero-order valence-corrected chi connectivity index (χ0v) is 30.8. The first kappa shape index (κ1) is 33.7. The minimum Gasteiger partial charge on any atom is -0.496 e. The van der Waals surface area contributed by atoms with Crippen molar-refractivity contribution in [3.63, 3.8) is 0 Å². The number of carbonyl (C=O) groups excluding carboxylic acids is 2. The normalized spacial score (nSPS) is 33.5. The van der Waals surface area contributed by atoms with Crippen molar-refractivity contribution in [2.24, 2.45) is 23.7 Å². The molecule has 274 valence electrons. The lowest BCUT2D eigenvalue weighted by atomic mass is 9.56. The molecule has 10 unspecified atom stereocenters. The Morgan fingerprint density at radius 1 is 1.04 bits per heavy atom. The average Bonchev–Trinajstić information content (AvgIpc) is 3.70. The number of H-pyrrole nitrogens is 2. The van der Waals surface area contributed by atoms with Gasteiger partial charge in [-0.05, 0) is 87.1 Å². The van der Waals surface area contributed by atoms with Crippen molar-refractivity contribution in [3.8, 4) is 5.75 Å². The molecular weight excluding hydrogens is 656 g/mol. The molecule has 6 bridgehead atoms. The highest BCUT2D eigenvalue weighted by molar-refractivity contribution is 5.95. The number of rotatable bonds is 5. The van der Waals surface area contributed by atoms with E-state index in [1.165, 1.54) is 25.4 Å². The fourth-order valence-electron chi connectivity index (χ4n) is 11.8. The molecule has 10 atom stereocenters. The highest BCUT2D eigenvalue weighted by atomic mass is 16.5. The van der Waals surface area contributed by atoms with Gasteiger partial charge in [0.1, 0.15) is 11.2 Å². The van der Waals surface area contributed by atoms with E-state index in [0.29, 0.717) is 25.8 Å². The van der Waals surface area contributed by atoms with E-state index in [-0.39, 0.29) is 53.6 Å². The van der Waals surface area contributed by atoms with Crippen LogP contribution in [0.25, 0.3) is 21.8 Å². The average molecular weight is 707 g/mol. The third-order valence-corrected chi connectivity index (χ3v) is 13.8. The van der Waals surface area contributed by atoms with Gasteiger partial charge in [0.2, 0.25) is 0 Å². The van der Waals surface area contributed by atoms with E-state index < -0.39 is 11.5 Å². The Labute approximate surface area is 304 Å². The van der Waals surface area contributed by atoms with Crippen LogP contribution in [0.2, 0.25) is 0 Å². The Balaban J connectivity index is 1.32. The van der Waals surface area contributed by atoms with Crippen LogP contribution in [0.4, 0.5) is 0 Å². The standard InChI is InChI=1S/C42H50N4O6/c1-6-23-19-43-32-17-29-24-9-7-8-10-31(24)44-36(29)30(16-28(23)34(32)40(48)51-4)35-33(50-3)12-11-25-26-13-14-46-20-22-15-27(21(2)47)39(46)42(18-22,41(49)52-5)38(26)45-37(25)35/h6-12,21-22,27-28,30,32,34,39,43-45,47H,13-20H2,1-5H3. The molecule has 4 N–H and O–H groups in total. The van der Waals surface area contributed by atoms with Crippen molar-refractivity contribution in [1.29, 1.82) is 0 Å². The largest absolute Gasteiger partial charge is 0.496 e. The molecule has 4 aromatic rings. The number of aromatic nitrogens is 2. The van der Waals surface area contributed by atoms with Crippen LogP contribution in [0.15, 0.2) is 48.0 Å². The highest BCUT2D eigenvalue weighted by Crippen LogP contribution is 2.57. The van der Waals surface area contributed by atoms with Gasteiger partial charge in [0.05, 0.1) is 38.9 Å². The fourth-order valence-corrected chi connectivity index (χ4v) is 11.8. The number of aliphatic hydroxyl groups excluding tert-OH is 1. The van der Waals surface area contributed by atoms with Gasteiger partial charge in [-0.3, -0.25) is 14.5 Å². The molecule has 0 spiro atoms. The lowest BCUT2D eigenvalue weighted by Gasteiger charge is -2.58. The summed E-state index contributed by atoms with van der Waals surface area (Å²) in [6.07, 6.45) is 5.33.